The summed E-state index contributed by atoms with van der Waals surface area (Å²) in [5.41, 5.74) is 4.13. The second kappa shape index (κ2) is 7.27. The minimum atomic E-state index is -0.544. The summed E-state index contributed by atoms with van der Waals surface area (Å²) in [5, 5.41) is 3.23. The molecule has 1 aromatic carbocycles. The van der Waals surface area contributed by atoms with E-state index in [1.165, 1.54) is 6.07 Å². The number of anilines is 1. The summed E-state index contributed by atoms with van der Waals surface area (Å²) in [6.45, 7) is 3.87. The summed E-state index contributed by atoms with van der Waals surface area (Å²) in [6.07, 6.45) is 3.29. The van der Waals surface area contributed by atoms with Crippen molar-refractivity contribution in [2.45, 2.75) is 31.3 Å². The molecule has 7 heteroatoms. The van der Waals surface area contributed by atoms with Gasteiger partial charge >= 0.3 is 0 Å². The number of aryl methyl sites for hydroxylation is 1. The minimum absolute atomic E-state index is 0.108. The summed E-state index contributed by atoms with van der Waals surface area (Å²) < 4.78 is 13.8. The Morgan fingerprint density at radius 2 is 1.97 bits per heavy atom. The van der Waals surface area contributed by atoms with Crippen LogP contribution in [0.2, 0.25) is 0 Å². The van der Waals surface area contributed by atoms with Crippen molar-refractivity contribution in [1.82, 2.24) is 20.2 Å². The standard InChI is InChI=1S/C24H26FN5O/c1-15-4-5-16(30-13-17(14-30)29(2)3)12-18(15)23(31)28-24(9-10-24)19-8-11-26-20-6-7-21(25)27-22(19)20/h4-8,11-12,17H,9-10,13-14H2,1-3H3,(H,28,31). The molecule has 3 aromatic rings. The highest BCUT2D eigenvalue weighted by molar-refractivity contribution is 5.98. The molecule has 0 bridgehead atoms. The highest BCUT2D eigenvalue weighted by Crippen LogP contribution is 2.47. The van der Waals surface area contributed by atoms with Crippen molar-refractivity contribution in [2.24, 2.45) is 0 Å². The molecule has 0 radical (unpaired) electrons. The van der Waals surface area contributed by atoms with Crippen LogP contribution >= 0.6 is 0 Å². The minimum Gasteiger partial charge on any atom is -0.368 e. The van der Waals surface area contributed by atoms with E-state index in [0.29, 0.717) is 22.6 Å². The van der Waals surface area contributed by atoms with Gasteiger partial charge in [-0.05, 0) is 69.8 Å². The van der Waals surface area contributed by atoms with Crippen LogP contribution in [0.15, 0.2) is 42.6 Å². The lowest BCUT2D eigenvalue weighted by Crippen LogP contribution is -2.57. The van der Waals surface area contributed by atoms with Crippen LogP contribution in [0.1, 0.15) is 34.3 Å². The lowest BCUT2D eigenvalue weighted by atomic mass is 10.0. The van der Waals surface area contributed by atoms with Crippen molar-refractivity contribution in [2.75, 3.05) is 32.1 Å². The zero-order chi connectivity index (χ0) is 21.8. The van der Waals surface area contributed by atoms with Crippen molar-refractivity contribution in [3.05, 3.63) is 65.2 Å². The van der Waals surface area contributed by atoms with Gasteiger partial charge in [-0.25, -0.2) is 4.98 Å². The molecule has 1 saturated carbocycles. The molecule has 0 unspecified atom stereocenters. The summed E-state index contributed by atoms with van der Waals surface area (Å²) in [5.74, 6) is -0.652. The molecule has 2 aromatic heterocycles. The number of carbonyl (C=O) groups excluding carboxylic acids is 1. The van der Waals surface area contributed by atoms with Crippen LogP contribution in [-0.2, 0) is 5.54 Å². The molecule has 1 saturated heterocycles. The second-order valence-corrected chi connectivity index (χ2v) is 8.92. The number of halogens is 1. The Labute approximate surface area is 181 Å². The smallest absolute Gasteiger partial charge is 0.252 e. The van der Waals surface area contributed by atoms with E-state index in [1.807, 2.05) is 25.1 Å². The van der Waals surface area contributed by atoms with Crippen molar-refractivity contribution >= 4 is 22.6 Å². The Balaban J connectivity index is 1.41. The van der Waals surface area contributed by atoms with E-state index in [9.17, 15) is 9.18 Å². The van der Waals surface area contributed by atoms with Crippen LogP contribution in [0.5, 0.6) is 0 Å². The fraction of sp³-hybridized carbons (Fsp3) is 0.375. The van der Waals surface area contributed by atoms with E-state index in [4.69, 9.17) is 0 Å². The van der Waals surface area contributed by atoms with Gasteiger partial charge in [-0.3, -0.25) is 9.78 Å². The average molecular weight is 420 g/mol. The van der Waals surface area contributed by atoms with Gasteiger partial charge in [0.25, 0.3) is 5.91 Å². The van der Waals surface area contributed by atoms with Gasteiger partial charge in [0.1, 0.15) is 0 Å². The Morgan fingerprint density at radius 1 is 1.19 bits per heavy atom. The fourth-order valence-electron chi connectivity index (χ4n) is 4.30. The van der Waals surface area contributed by atoms with E-state index in [1.54, 1.807) is 12.3 Å². The van der Waals surface area contributed by atoms with E-state index >= 15 is 0 Å². The predicted molar refractivity (Wildman–Crippen MR) is 119 cm³/mol. The molecule has 5 rings (SSSR count). The lowest BCUT2D eigenvalue weighted by molar-refractivity contribution is 0.0930. The molecule has 160 valence electrons. The molecule has 6 nitrogen and oxygen atoms in total. The molecule has 1 amide bonds. The number of hydrogen-bond donors (Lipinski definition) is 1. The third-order valence-electron chi connectivity index (χ3n) is 6.59. The molecule has 3 heterocycles. The van der Waals surface area contributed by atoms with E-state index in [-0.39, 0.29) is 5.91 Å². The first kappa shape index (κ1) is 19.9. The van der Waals surface area contributed by atoms with Crippen LogP contribution < -0.4 is 10.2 Å². The molecular weight excluding hydrogens is 393 g/mol. The molecule has 1 N–H and O–H groups in total. The normalized spacial score (nSPS) is 17.6. The number of likely N-dealkylation sites (N-methyl/N-ethyl adjacent to an activating group) is 1. The SMILES string of the molecule is Cc1ccc(N2CC(N(C)C)C2)cc1C(=O)NC1(c2ccnc3ccc(F)nc23)CC1. The highest BCUT2D eigenvalue weighted by Gasteiger charge is 2.47. The van der Waals surface area contributed by atoms with Crippen LogP contribution in [0, 0.1) is 12.9 Å². The number of benzene rings is 1. The number of rotatable bonds is 5. The van der Waals surface area contributed by atoms with Crippen molar-refractivity contribution in [3.63, 3.8) is 0 Å². The topological polar surface area (TPSA) is 61.4 Å². The lowest BCUT2D eigenvalue weighted by Gasteiger charge is -2.44. The number of pyridine rings is 2. The third kappa shape index (κ3) is 3.53. The number of fused-ring (bicyclic) bond motifs is 1. The van der Waals surface area contributed by atoms with Crippen molar-refractivity contribution in [3.8, 4) is 0 Å². The molecule has 1 aliphatic heterocycles. The van der Waals surface area contributed by atoms with Gasteiger partial charge in [-0.1, -0.05) is 6.07 Å². The average Bonchev–Trinajstić information content (AvgIpc) is 3.47. The first-order valence-corrected chi connectivity index (χ1v) is 10.6. The summed E-state index contributed by atoms with van der Waals surface area (Å²) in [7, 11) is 4.18. The van der Waals surface area contributed by atoms with Gasteiger partial charge in [0.15, 0.2) is 0 Å². The first-order valence-electron chi connectivity index (χ1n) is 10.6. The maximum atomic E-state index is 13.8. The second-order valence-electron chi connectivity index (χ2n) is 8.92. The number of hydrogen-bond acceptors (Lipinski definition) is 5. The predicted octanol–water partition coefficient (Wildman–Crippen LogP) is 3.25. The van der Waals surface area contributed by atoms with Crippen molar-refractivity contribution in [1.29, 1.82) is 0 Å². The summed E-state index contributed by atoms with van der Waals surface area (Å²) in [4.78, 5) is 26.2. The Kier molecular flexibility index (Phi) is 4.66. The highest BCUT2D eigenvalue weighted by atomic mass is 19.1. The van der Waals surface area contributed by atoms with Crippen LogP contribution in [0.4, 0.5) is 10.1 Å². The zero-order valence-electron chi connectivity index (χ0n) is 18.0. The first-order chi connectivity index (χ1) is 14.9. The summed E-state index contributed by atoms with van der Waals surface area (Å²) >= 11 is 0. The molecular formula is C24H26FN5O. The van der Waals surface area contributed by atoms with Crippen LogP contribution in [0.3, 0.4) is 0 Å². The number of carbonyl (C=O) groups is 1. The maximum Gasteiger partial charge on any atom is 0.252 e. The van der Waals surface area contributed by atoms with Crippen molar-refractivity contribution < 1.29 is 9.18 Å². The third-order valence-corrected chi connectivity index (χ3v) is 6.59. The molecule has 0 atom stereocenters. The van der Waals surface area contributed by atoms with E-state index < -0.39 is 11.5 Å². The van der Waals surface area contributed by atoms with Gasteiger partial charge in [0.2, 0.25) is 5.95 Å². The number of aromatic nitrogens is 2. The van der Waals surface area contributed by atoms with Gasteiger partial charge in [-0.15, -0.1) is 0 Å². The van der Waals surface area contributed by atoms with Crippen LogP contribution in [0.25, 0.3) is 11.0 Å². The zero-order valence-corrected chi connectivity index (χ0v) is 18.0. The molecule has 2 fully saturated rings. The Hall–Kier alpha value is -3.06. The number of nitrogens with zero attached hydrogens (tertiary/aromatic N) is 4. The monoisotopic (exact) mass is 419 g/mol. The summed E-state index contributed by atoms with van der Waals surface area (Å²) in [6, 6.07) is 11.4. The van der Waals surface area contributed by atoms with Gasteiger partial charge in [0, 0.05) is 42.1 Å². The molecule has 2 aliphatic rings. The van der Waals surface area contributed by atoms with Gasteiger partial charge in [0.05, 0.1) is 16.6 Å². The molecule has 31 heavy (non-hydrogen) atoms. The van der Waals surface area contributed by atoms with E-state index in [2.05, 4.69) is 45.2 Å². The van der Waals surface area contributed by atoms with Gasteiger partial charge < -0.3 is 15.1 Å². The van der Waals surface area contributed by atoms with E-state index in [0.717, 1.165) is 42.7 Å². The number of amides is 1. The Morgan fingerprint density at radius 3 is 2.68 bits per heavy atom. The number of nitrogens with one attached hydrogen (secondary N) is 1. The fourth-order valence-corrected chi connectivity index (χ4v) is 4.30. The largest absolute Gasteiger partial charge is 0.368 e. The van der Waals surface area contributed by atoms with Gasteiger partial charge in [-0.2, -0.15) is 4.39 Å². The Bertz CT molecular complexity index is 1170. The molecule has 0 spiro atoms. The quantitative estimate of drug-likeness (QED) is 0.644. The van der Waals surface area contributed by atoms with Crippen LogP contribution in [-0.4, -0.2) is 54.0 Å². The molecule has 1 aliphatic carbocycles. The maximum absolute atomic E-state index is 13.8.